The number of thiophene rings is 1. The van der Waals surface area contributed by atoms with Crippen LogP contribution in [0.25, 0.3) is 6.08 Å². The van der Waals surface area contributed by atoms with Crippen LogP contribution >= 0.6 is 38.6 Å². The Bertz CT molecular complexity index is 574. The first-order chi connectivity index (χ1) is 8.65. The van der Waals surface area contributed by atoms with Gasteiger partial charge in [0, 0.05) is 11.0 Å². The first kappa shape index (κ1) is 13.5. The standard InChI is InChI=1S/C12H11BrN2OS2/c1-8-10(18-7-15-8)5-14-12(16)3-2-9-4-11(13)17-6-9/h2-4,6-7H,5H2,1H3,(H,14,16)/b3-2+. The van der Waals surface area contributed by atoms with Gasteiger partial charge in [0.15, 0.2) is 0 Å². The number of hydrogen-bond donors (Lipinski definition) is 1. The molecule has 0 bridgehead atoms. The zero-order valence-electron chi connectivity index (χ0n) is 9.64. The summed E-state index contributed by atoms with van der Waals surface area (Å²) in [5.41, 5.74) is 3.79. The van der Waals surface area contributed by atoms with Crippen LogP contribution in [0.5, 0.6) is 0 Å². The second-order valence-corrected chi connectivity index (χ2v) is 6.83. The molecule has 0 saturated carbocycles. The fourth-order valence-corrected chi connectivity index (χ4v) is 3.17. The third kappa shape index (κ3) is 3.76. The fraction of sp³-hybridized carbons (Fsp3) is 0.167. The second-order valence-electron chi connectivity index (χ2n) is 3.60. The molecule has 18 heavy (non-hydrogen) atoms. The van der Waals surface area contributed by atoms with Crippen LogP contribution in [-0.2, 0) is 11.3 Å². The maximum Gasteiger partial charge on any atom is 0.244 e. The van der Waals surface area contributed by atoms with Gasteiger partial charge in [-0.1, -0.05) is 0 Å². The van der Waals surface area contributed by atoms with E-state index in [2.05, 4.69) is 26.2 Å². The molecule has 2 aromatic rings. The number of hydrogen-bond acceptors (Lipinski definition) is 4. The van der Waals surface area contributed by atoms with Crippen LogP contribution in [-0.4, -0.2) is 10.9 Å². The van der Waals surface area contributed by atoms with Gasteiger partial charge in [0.25, 0.3) is 0 Å². The van der Waals surface area contributed by atoms with Crippen molar-refractivity contribution in [3.05, 3.63) is 43.0 Å². The van der Waals surface area contributed by atoms with Crippen molar-refractivity contribution in [1.29, 1.82) is 0 Å². The molecule has 3 nitrogen and oxygen atoms in total. The van der Waals surface area contributed by atoms with E-state index in [1.807, 2.05) is 18.4 Å². The molecule has 1 N–H and O–H groups in total. The highest BCUT2D eigenvalue weighted by Crippen LogP contribution is 2.21. The van der Waals surface area contributed by atoms with Crippen molar-refractivity contribution in [2.45, 2.75) is 13.5 Å². The molecule has 0 aliphatic carbocycles. The van der Waals surface area contributed by atoms with Gasteiger partial charge in [-0.15, -0.1) is 22.7 Å². The maximum atomic E-state index is 11.6. The third-order valence-electron chi connectivity index (χ3n) is 2.28. The third-order valence-corrected chi connectivity index (χ3v) is 4.74. The van der Waals surface area contributed by atoms with Gasteiger partial charge in [-0.25, -0.2) is 4.98 Å². The molecule has 0 radical (unpaired) electrons. The highest BCUT2D eigenvalue weighted by atomic mass is 79.9. The molecule has 0 fully saturated rings. The minimum Gasteiger partial charge on any atom is -0.348 e. The summed E-state index contributed by atoms with van der Waals surface area (Å²) in [6, 6.07) is 1.97. The summed E-state index contributed by atoms with van der Waals surface area (Å²) in [5, 5.41) is 4.83. The largest absolute Gasteiger partial charge is 0.348 e. The molecule has 1 amide bonds. The number of nitrogens with zero attached hydrogens (tertiary/aromatic N) is 1. The molecule has 0 aliphatic heterocycles. The number of rotatable bonds is 4. The minimum absolute atomic E-state index is 0.0925. The summed E-state index contributed by atoms with van der Waals surface area (Å²) in [5.74, 6) is -0.0925. The predicted octanol–water partition coefficient (Wildman–Crippen LogP) is 3.61. The van der Waals surface area contributed by atoms with Gasteiger partial charge >= 0.3 is 0 Å². The second kappa shape index (κ2) is 6.26. The summed E-state index contributed by atoms with van der Waals surface area (Å²) in [6.07, 6.45) is 3.35. The Hall–Kier alpha value is -0.980. The van der Waals surface area contributed by atoms with E-state index in [0.29, 0.717) is 6.54 Å². The summed E-state index contributed by atoms with van der Waals surface area (Å²) in [6.45, 7) is 2.48. The number of nitrogens with one attached hydrogen (secondary N) is 1. The van der Waals surface area contributed by atoms with Crippen molar-refractivity contribution in [1.82, 2.24) is 10.3 Å². The van der Waals surface area contributed by atoms with E-state index in [1.165, 1.54) is 0 Å². The number of aryl methyl sites for hydroxylation is 1. The minimum atomic E-state index is -0.0925. The number of amides is 1. The van der Waals surface area contributed by atoms with E-state index in [0.717, 1.165) is 19.9 Å². The molecular formula is C12H11BrN2OS2. The Labute approximate surface area is 122 Å². The van der Waals surface area contributed by atoms with Crippen molar-refractivity contribution in [3.63, 3.8) is 0 Å². The Morgan fingerprint density at radius 3 is 3.00 bits per heavy atom. The van der Waals surface area contributed by atoms with Crippen LogP contribution in [0.15, 0.2) is 26.8 Å². The molecule has 6 heteroatoms. The highest BCUT2D eigenvalue weighted by Gasteiger charge is 2.02. The molecule has 0 saturated heterocycles. The zero-order chi connectivity index (χ0) is 13.0. The van der Waals surface area contributed by atoms with Crippen LogP contribution in [0.2, 0.25) is 0 Å². The Balaban J connectivity index is 1.86. The van der Waals surface area contributed by atoms with Gasteiger partial charge in [0.05, 0.1) is 21.5 Å². The smallest absolute Gasteiger partial charge is 0.244 e. The Morgan fingerprint density at radius 2 is 2.39 bits per heavy atom. The summed E-state index contributed by atoms with van der Waals surface area (Å²) in [4.78, 5) is 16.8. The van der Waals surface area contributed by atoms with E-state index in [4.69, 9.17) is 0 Å². The number of halogens is 1. The molecule has 0 spiro atoms. The zero-order valence-corrected chi connectivity index (χ0v) is 12.9. The molecule has 94 valence electrons. The number of carbonyl (C=O) groups is 1. The average molecular weight is 343 g/mol. The number of carbonyl (C=O) groups excluding carboxylic acids is 1. The first-order valence-corrected chi connectivity index (χ1v) is 7.79. The Morgan fingerprint density at radius 1 is 1.56 bits per heavy atom. The number of aromatic nitrogens is 1. The van der Waals surface area contributed by atoms with Gasteiger partial charge in [0.2, 0.25) is 5.91 Å². The van der Waals surface area contributed by atoms with Crippen LogP contribution in [0.3, 0.4) is 0 Å². The van der Waals surface area contributed by atoms with Crippen LogP contribution < -0.4 is 5.32 Å². The lowest BCUT2D eigenvalue weighted by molar-refractivity contribution is -0.116. The van der Waals surface area contributed by atoms with Crippen molar-refractivity contribution in [3.8, 4) is 0 Å². The normalized spacial score (nSPS) is 11.0. The van der Waals surface area contributed by atoms with Gasteiger partial charge in [-0.3, -0.25) is 4.79 Å². The lowest BCUT2D eigenvalue weighted by atomic mass is 10.3. The quantitative estimate of drug-likeness (QED) is 0.862. The van der Waals surface area contributed by atoms with Gasteiger partial charge < -0.3 is 5.32 Å². The van der Waals surface area contributed by atoms with Gasteiger partial charge in [-0.05, 0) is 45.9 Å². The summed E-state index contributed by atoms with van der Waals surface area (Å²) < 4.78 is 1.06. The lowest BCUT2D eigenvalue weighted by Gasteiger charge is -1.99. The lowest BCUT2D eigenvalue weighted by Crippen LogP contribution is -2.20. The molecule has 0 aromatic carbocycles. The Kier molecular flexibility index (Phi) is 4.68. The van der Waals surface area contributed by atoms with Gasteiger partial charge in [-0.2, -0.15) is 0 Å². The van der Waals surface area contributed by atoms with E-state index < -0.39 is 0 Å². The van der Waals surface area contributed by atoms with Crippen molar-refractivity contribution in [2.75, 3.05) is 0 Å². The van der Waals surface area contributed by atoms with Crippen LogP contribution in [0.1, 0.15) is 16.1 Å². The van der Waals surface area contributed by atoms with Crippen LogP contribution in [0.4, 0.5) is 0 Å². The number of thiazole rings is 1. The van der Waals surface area contributed by atoms with Crippen molar-refractivity contribution < 1.29 is 4.79 Å². The maximum absolute atomic E-state index is 11.6. The topological polar surface area (TPSA) is 42.0 Å². The van der Waals surface area contributed by atoms with E-state index in [9.17, 15) is 4.79 Å². The highest BCUT2D eigenvalue weighted by molar-refractivity contribution is 9.11. The molecule has 0 aliphatic rings. The fourth-order valence-electron chi connectivity index (χ4n) is 1.30. The average Bonchev–Trinajstić information content (AvgIpc) is 2.93. The van der Waals surface area contributed by atoms with Crippen molar-refractivity contribution in [2.24, 2.45) is 0 Å². The molecule has 0 unspecified atom stereocenters. The molecule has 2 heterocycles. The monoisotopic (exact) mass is 342 g/mol. The van der Waals surface area contributed by atoms with Crippen molar-refractivity contribution >= 4 is 50.6 Å². The molecule has 0 atom stereocenters. The van der Waals surface area contributed by atoms with Crippen LogP contribution in [0, 0.1) is 6.92 Å². The SMILES string of the molecule is Cc1ncsc1CNC(=O)/C=C/c1csc(Br)c1. The van der Waals surface area contributed by atoms with Gasteiger partial charge in [0.1, 0.15) is 0 Å². The molecule has 2 aromatic heterocycles. The summed E-state index contributed by atoms with van der Waals surface area (Å²) >= 11 is 6.53. The first-order valence-electron chi connectivity index (χ1n) is 5.24. The van der Waals surface area contributed by atoms with E-state index in [-0.39, 0.29) is 5.91 Å². The van der Waals surface area contributed by atoms with E-state index >= 15 is 0 Å². The molecular weight excluding hydrogens is 332 g/mol. The van der Waals surface area contributed by atoms with E-state index in [1.54, 1.807) is 40.3 Å². The predicted molar refractivity (Wildman–Crippen MR) is 79.8 cm³/mol. The summed E-state index contributed by atoms with van der Waals surface area (Å²) in [7, 11) is 0. The molecule has 2 rings (SSSR count).